The fourth-order valence-electron chi connectivity index (χ4n) is 1.58. The first-order valence-electron chi connectivity index (χ1n) is 5.86. The molecule has 1 aromatic heterocycles. The molecule has 0 aliphatic carbocycles. The molecular formula is C12H19N3O3. The van der Waals surface area contributed by atoms with Gasteiger partial charge in [-0.25, -0.2) is 4.79 Å². The molecule has 2 N–H and O–H groups in total. The van der Waals surface area contributed by atoms with Gasteiger partial charge in [-0.05, 0) is 24.5 Å². The number of aliphatic hydroxyl groups is 1. The van der Waals surface area contributed by atoms with E-state index >= 15 is 0 Å². The summed E-state index contributed by atoms with van der Waals surface area (Å²) in [6.07, 6.45) is 0.830. The Morgan fingerprint density at radius 2 is 2.17 bits per heavy atom. The van der Waals surface area contributed by atoms with Gasteiger partial charge in [-0.3, -0.25) is 0 Å². The summed E-state index contributed by atoms with van der Waals surface area (Å²) in [6, 6.07) is 3.11. The van der Waals surface area contributed by atoms with Crippen LogP contribution >= 0.6 is 0 Å². The van der Waals surface area contributed by atoms with Crippen molar-refractivity contribution in [2.24, 2.45) is 5.92 Å². The fourth-order valence-corrected chi connectivity index (χ4v) is 1.58. The minimum atomic E-state index is -0.519. The molecule has 0 aromatic carbocycles. The summed E-state index contributed by atoms with van der Waals surface area (Å²) in [4.78, 5) is 11.2. The molecule has 1 aromatic rings. The molecule has 18 heavy (non-hydrogen) atoms. The summed E-state index contributed by atoms with van der Waals surface area (Å²) in [5.41, 5.74) is 0.160. The maximum Gasteiger partial charge on any atom is 0.358 e. The van der Waals surface area contributed by atoms with E-state index in [4.69, 9.17) is 0 Å². The summed E-state index contributed by atoms with van der Waals surface area (Å²) >= 11 is 0. The first-order chi connectivity index (χ1) is 8.56. The number of ether oxygens (including phenoxy) is 1. The molecule has 1 rings (SSSR count). The minimum Gasteiger partial charge on any atom is -0.464 e. The Hall–Kier alpha value is -1.69. The van der Waals surface area contributed by atoms with Gasteiger partial charge >= 0.3 is 5.97 Å². The molecule has 0 radical (unpaired) electrons. The van der Waals surface area contributed by atoms with E-state index in [2.05, 4.69) is 34.1 Å². The standard InChI is InChI=1S/C12H19N3O3/c1-8(2)6-9(7-16)13-11-5-4-10(14-15-11)12(17)18-3/h4-5,8-9,16H,6-7H2,1-3H3,(H,13,15). The number of nitrogens with one attached hydrogen (secondary N) is 1. The van der Waals surface area contributed by atoms with Crippen LogP contribution in [0.15, 0.2) is 12.1 Å². The van der Waals surface area contributed by atoms with Crippen LogP contribution in [-0.4, -0.2) is 41.0 Å². The number of carbonyl (C=O) groups is 1. The van der Waals surface area contributed by atoms with Gasteiger partial charge in [-0.2, -0.15) is 0 Å². The Morgan fingerprint density at radius 1 is 1.44 bits per heavy atom. The number of aromatic nitrogens is 2. The van der Waals surface area contributed by atoms with Crippen molar-refractivity contribution in [1.29, 1.82) is 0 Å². The van der Waals surface area contributed by atoms with Crippen LogP contribution < -0.4 is 5.32 Å². The van der Waals surface area contributed by atoms with Crippen LogP contribution in [0.25, 0.3) is 0 Å². The molecule has 6 nitrogen and oxygen atoms in total. The normalized spacial score (nSPS) is 12.3. The third kappa shape index (κ3) is 4.29. The molecule has 0 aliphatic rings. The number of methoxy groups -OCH3 is 1. The lowest BCUT2D eigenvalue weighted by Crippen LogP contribution is -2.26. The SMILES string of the molecule is COC(=O)c1ccc(NC(CO)CC(C)C)nn1. The van der Waals surface area contributed by atoms with Gasteiger partial charge in [0, 0.05) is 0 Å². The summed E-state index contributed by atoms with van der Waals surface area (Å²) in [7, 11) is 1.29. The Morgan fingerprint density at radius 3 is 2.61 bits per heavy atom. The molecule has 0 fully saturated rings. The maximum absolute atomic E-state index is 11.2. The lowest BCUT2D eigenvalue weighted by Gasteiger charge is -2.18. The number of nitrogens with zero attached hydrogens (tertiary/aromatic N) is 2. The van der Waals surface area contributed by atoms with Crippen molar-refractivity contribution >= 4 is 11.8 Å². The van der Waals surface area contributed by atoms with Crippen molar-refractivity contribution in [3.05, 3.63) is 17.8 Å². The average Bonchev–Trinajstić information content (AvgIpc) is 2.37. The third-order valence-electron chi connectivity index (χ3n) is 2.39. The van der Waals surface area contributed by atoms with Crippen LogP contribution in [0.1, 0.15) is 30.8 Å². The lowest BCUT2D eigenvalue weighted by atomic mass is 10.0. The predicted octanol–water partition coefficient (Wildman–Crippen LogP) is 1.08. The van der Waals surface area contributed by atoms with Crippen LogP contribution in [0, 0.1) is 5.92 Å². The van der Waals surface area contributed by atoms with Crippen LogP contribution in [0.5, 0.6) is 0 Å². The topological polar surface area (TPSA) is 84.3 Å². The van der Waals surface area contributed by atoms with Gasteiger partial charge in [0.2, 0.25) is 0 Å². The zero-order chi connectivity index (χ0) is 13.5. The first kappa shape index (κ1) is 14.4. The van der Waals surface area contributed by atoms with Gasteiger partial charge < -0.3 is 15.2 Å². The van der Waals surface area contributed by atoms with Crippen molar-refractivity contribution in [2.45, 2.75) is 26.3 Å². The molecule has 0 amide bonds. The zero-order valence-corrected chi connectivity index (χ0v) is 10.9. The third-order valence-corrected chi connectivity index (χ3v) is 2.39. The van der Waals surface area contributed by atoms with Gasteiger partial charge in [0.05, 0.1) is 19.8 Å². The Bertz CT molecular complexity index is 379. The molecule has 1 atom stereocenters. The van der Waals surface area contributed by atoms with Gasteiger partial charge in [0.15, 0.2) is 5.69 Å². The largest absolute Gasteiger partial charge is 0.464 e. The Kier molecular flexibility index (Phi) is 5.51. The van der Waals surface area contributed by atoms with Crippen molar-refractivity contribution in [1.82, 2.24) is 10.2 Å². The number of esters is 1. The van der Waals surface area contributed by atoms with Crippen molar-refractivity contribution in [2.75, 3.05) is 19.0 Å². The molecule has 0 spiro atoms. The molecule has 6 heteroatoms. The van der Waals surface area contributed by atoms with E-state index in [-0.39, 0.29) is 18.3 Å². The van der Waals surface area contributed by atoms with E-state index < -0.39 is 5.97 Å². The van der Waals surface area contributed by atoms with Crippen molar-refractivity contribution in [3.8, 4) is 0 Å². The van der Waals surface area contributed by atoms with E-state index in [1.54, 1.807) is 6.07 Å². The lowest BCUT2D eigenvalue weighted by molar-refractivity contribution is 0.0592. The molecule has 0 aliphatic heterocycles. The summed E-state index contributed by atoms with van der Waals surface area (Å²) in [5.74, 6) is 0.481. The van der Waals surface area contributed by atoms with Gasteiger partial charge in [0.1, 0.15) is 5.82 Å². The van der Waals surface area contributed by atoms with Crippen molar-refractivity contribution < 1.29 is 14.6 Å². The second-order valence-electron chi connectivity index (χ2n) is 4.45. The highest BCUT2D eigenvalue weighted by molar-refractivity contribution is 5.86. The quantitative estimate of drug-likeness (QED) is 0.738. The molecule has 1 unspecified atom stereocenters. The van der Waals surface area contributed by atoms with Crippen LogP contribution in [0.2, 0.25) is 0 Å². The highest BCUT2D eigenvalue weighted by Crippen LogP contribution is 2.10. The average molecular weight is 253 g/mol. The molecule has 0 bridgehead atoms. The molecule has 100 valence electrons. The van der Waals surface area contributed by atoms with Crippen LogP contribution in [0.3, 0.4) is 0 Å². The minimum absolute atomic E-state index is 0.0264. The van der Waals surface area contributed by atoms with E-state index in [9.17, 15) is 9.90 Å². The molecule has 0 saturated heterocycles. The molecular weight excluding hydrogens is 234 g/mol. The second-order valence-corrected chi connectivity index (χ2v) is 4.45. The van der Waals surface area contributed by atoms with E-state index in [1.165, 1.54) is 13.2 Å². The van der Waals surface area contributed by atoms with Gasteiger partial charge in [-0.15, -0.1) is 10.2 Å². The monoisotopic (exact) mass is 253 g/mol. The second kappa shape index (κ2) is 6.90. The summed E-state index contributed by atoms with van der Waals surface area (Å²) < 4.78 is 4.53. The van der Waals surface area contributed by atoms with Gasteiger partial charge in [0.25, 0.3) is 0 Å². The predicted molar refractivity (Wildman–Crippen MR) is 67.3 cm³/mol. The molecule has 0 saturated carbocycles. The number of rotatable bonds is 6. The maximum atomic E-state index is 11.2. The van der Waals surface area contributed by atoms with Crippen LogP contribution in [0.4, 0.5) is 5.82 Å². The van der Waals surface area contributed by atoms with Crippen molar-refractivity contribution in [3.63, 3.8) is 0 Å². The number of aliphatic hydroxyl groups excluding tert-OH is 1. The van der Waals surface area contributed by atoms with Gasteiger partial charge in [-0.1, -0.05) is 13.8 Å². The number of anilines is 1. The fraction of sp³-hybridized carbons (Fsp3) is 0.583. The van der Waals surface area contributed by atoms with E-state index in [0.29, 0.717) is 11.7 Å². The summed E-state index contributed by atoms with van der Waals surface area (Å²) in [6.45, 7) is 4.19. The molecule has 1 heterocycles. The van der Waals surface area contributed by atoms with E-state index in [1.807, 2.05) is 0 Å². The highest BCUT2D eigenvalue weighted by atomic mass is 16.5. The first-order valence-corrected chi connectivity index (χ1v) is 5.86. The van der Waals surface area contributed by atoms with E-state index in [0.717, 1.165) is 6.42 Å². The Balaban J connectivity index is 2.64. The summed E-state index contributed by atoms with van der Waals surface area (Å²) in [5, 5.41) is 19.9. The number of carbonyl (C=O) groups excluding carboxylic acids is 1. The Labute approximate surface area is 106 Å². The number of hydrogen-bond acceptors (Lipinski definition) is 6. The number of hydrogen-bond donors (Lipinski definition) is 2. The zero-order valence-electron chi connectivity index (χ0n) is 10.9. The highest BCUT2D eigenvalue weighted by Gasteiger charge is 2.12. The smallest absolute Gasteiger partial charge is 0.358 e. The van der Waals surface area contributed by atoms with Crippen LogP contribution in [-0.2, 0) is 4.74 Å².